The van der Waals surface area contributed by atoms with Crippen LogP contribution in [0.5, 0.6) is 0 Å². The Balaban J connectivity index is 2.17. The molecule has 4 nitrogen and oxygen atoms in total. The molecule has 1 aliphatic heterocycles. The minimum Gasteiger partial charge on any atom is -0.383 e. The molecule has 1 aromatic rings. The summed E-state index contributed by atoms with van der Waals surface area (Å²) in [5, 5.41) is 4.25. The predicted molar refractivity (Wildman–Crippen MR) is 58.0 cm³/mol. The molecule has 1 aliphatic rings. The van der Waals surface area contributed by atoms with Crippen LogP contribution in [0.1, 0.15) is 19.4 Å². The molecule has 1 aromatic heterocycles. The Hall–Kier alpha value is -0.550. The molecule has 2 rings (SSSR count). The van der Waals surface area contributed by atoms with Crippen molar-refractivity contribution in [2.45, 2.75) is 19.4 Å². The average molecular weight is 260 g/mol. The minimum absolute atomic E-state index is 0.309. The van der Waals surface area contributed by atoms with Gasteiger partial charge in [-0.25, -0.2) is 4.68 Å². The maximum absolute atomic E-state index is 5.88. The molecule has 2 N–H and O–H groups in total. The van der Waals surface area contributed by atoms with Crippen molar-refractivity contribution in [1.29, 1.82) is 0 Å². The van der Waals surface area contributed by atoms with Gasteiger partial charge in [0.15, 0.2) is 0 Å². The largest absolute Gasteiger partial charge is 0.383 e. The van der Waals surface area contributed by atoms with Gasteiger partial charge >= 0.3 is 0 Å². The number of halogens is 1. The van der Waals surface area contributed by atoms with E-state index in [0.717, 1.165) is 24.1 Å². The number of hydrogen-bond acceptors (Lipinski definition) is 3. The number of anilines is 1. The number of ether oxygens (including phenoxy) is 1. The fourth-order valence-electron chi connectivity index (χ4n) is 1.81. The Morgan fingerprint density at radius 1 is 1.79 bits per heavy atom. The Labute approximate surface area is 91.5 Å². The van der Waals surface area contributed by atoms with E-state index < -0.39 is 0 Å². The first-order chi connectivity index (χ1) is 6.70. The lowest BCUT2D eigenvalue weighted by atomic mass is 10.0. The summed E-state index contributed by atoms with van der Waals surface area (Å²) >= 11 is 3.35. The van der Waals surface area contributed by atoms with Gasteiger partial charge in [-0.2, -0.15) is 5.10 Å². The number of nitrogens with zero attached hydrogens (tertiary/aromatic N) is 2. The van der Waals surface area contributed by atoms with Crippen molar-refractivity contribution in [3.05, 3.63) is 10.7 Å². The summed E-state index contributed by atoms with van der Waals surface area (Å²) in [5.41, 5.74) is 5.88. The van der Waals surface area contributed by atoms with E-state index in [1.54, 1.807) is 6.20 Å². The zero-order valence-electron chi connectivity index (χ0n) is 8.11. The van der Waals surface area contributed by atoms with Crippen LogP contribution in [0.2, 0.25) is 0 Å². The molecule has 2 atom stereocenters. The second-order valence-corrected chi connectivity index (χ2v) is 4.54. The molecule has 2 unspecified atom stereocenters. The summed E-state index contributed by atoms with van der Waals surface area (Å²) in [4.78, 5) is 0. The first kappa shape index (κ1) is 9.98. The molecule has 0 bridgehead atoms. The van der Waals surface area contributed by atoms with Crippen LogP contribution in [0, 0.1) is 5.92 Å². The van der Waals surface area contributed by atoms with E-state index in [9.17, 15) is 0 Å². The van der Waals surface area contributed by atoms with Crippen LogP contribution in [-0.4, -0.2) is 23.0 Å². The van der Waals surface area contributed by atoms with Crippen molar-refractivity contribution in [1.82, 2.24) is 9.78 Å². The highest BCUT2D eigenvalue weighted by molar-refractivity contribution is 9.10. The molecule has 78 valence electrons. The predicted octanol–water partition coefficient (Wildman–Crippen LogP) is 1.83. The van der Waals surface area contributed by atoms with Gasteiger partial charge in [0.25, 0.3) is 0 Å². The number of aromatic nitrogens is 2. The molecule has 14 heavy (non-hydrogen) atoms. The summed E-state index contributed by atoms with van der Waals surface area (Å²) in [5.74, 6) is 1.23. The zero-order chi connectivity index (χ0) is 10.1. The maximum atomic E-state index is 5.88. The van der Waals surface area contributed by atoms with Gasteiger partial charge in [0.1, 0.15) is 5.82 Å². The topological polar surface area (TPSA) is 53.1 Å². The lowest BCUT2D eigenvalue weighted by molar-refractivity contribution is 0.173. The molecule has 0 spiro atoms. The van der Waals surface area contributed by atoms with Gasteiger partial charge in [-0.1, -0.05) is 0 Å². The molecule has 0 radical (unpaired) electrons. The molecule has 0 saturated carbocycles. The van der Waals surface area contributed by atoms with E-state index in [1.807, 2.05) is 4.68 Å². The average Bonchev–Trinajstić information content (AvgIpc) is 2.77. The highest BCUT2D eigenvalue weighted by atomic mass is 79.9. The zero-order valence-corrected chi connectivity index (χ0v) is 9.70. The van der Waals surface area contributed by atoms with Crippen LogP contribution in [0.15, 0.2) is 10.7 Å². The van der Waals surface area contributed by atoms with Crippen LogP contribution >= 0.6 is 15.9 Å². The standard InChI is InChI=1S/C9H14BrN3O/c1-6(7-2-3-14-5-7)13-9(11)8(10)4-12-13/h4,6-7H,2-3,5,11H2,1H3. The summed E-state index contributed by atoms with van der Waals surface area (Å²) in [7, 11) is 0. The van der Waals surface area contributed by atoms with Gasteiger partial charge in [0.2, 0.25) is 0 Å². The smallest absolute Gasteiger partial charge is 0.136 e. The molecule has 0 aliphatic carbocycles. The van der Waals surface area contributed by atoms with Crippen molar-refractivity contribution < 1.29 is 4.74 Å². The van der Waals surface area contributed by atoms with E-state index in [4.69, 9.17) is 10.5 Å². The van der Waals surface area contributed by atoms with Crippen molar-refractivity contribution in [3.8, 4) is 0 Å². The Morgan fingerprint density at radius 3 is 3.07 bits per heavy atom. The van der Waals surface area contributed by atoms with Crippen LogP contribution in [-0.2, 0) is 4.74 Å². The van der Waals surface area contributed by atoms with E-state index >= 15 is 0 Å². The lowest BCUT2D eigenvalue weighted by Gasteiger charge is -2.19. The molecule has 2 heterocycles. The quantitative estimate of drug-likeness (QED) is 0.882. The van der Waals surface area contributed by atoms with E-state index in [2.05, 4.69) is 28.0 Å². The van der Waals surface area contributed by atoms with E-state index in [1.165, 1.54) is 0 Å². The fourth-order valence-corrected chi connectivity index (χ4v) is 2.08. The normalized spacial score (nSPS) is 24.0. The molecule has 0 amide bonds. The van der Waals surface area contributed by atoms with Gasteiger partial charge < -0.3 is 10.5 Å². The Bertz CT molecular complexity index is 320. The lowest BCUT2D eigenvalue weighted by Crippen LogP contribution is -2.19. The van der Waals surface area contributed by atoms with Crippen LogP contribution in [0.3, 0.4) is 0 Å². The van der Waals surface area contributed by atoms with Crippen molar-refractivity contribution in [2.24, 2.45) is 5.92 Å². The fraction of sp³-hybridized carbons (Fsp3) is 0.667. The number of hydrogen-bond donors (Lipinski definition) is 1. The summed E-state index contributed by atoms with van der Waals surface area (Å²) in [6.07, 6.45) is 2.83. The Morgan fingerprint density at radius 2 is 2.57 bits per heavy atom. The van der Waals surface area contributed by atoms with E-state index in [-0.39, 0.29) is 0 Å². The molecule has 0 aromatic carbocycles. The maximum Gasteiger partial charge on any atom is 0.136 e. The number of nitrogens with two attached hydrogens (primary N) is 1. The monoisotopic (exact) mass is 259 g/mol. The molecule has 5 heteroatoms. The van der Waals surface area contributed by atoms with Crippen LogP contribution in [0.25, 0.3) is 0 Å². The third-order valence-corrected chi connectivity index (χ3v) is 3.43. The summed E-state index contributed by atoms with van der Waals surface area (Å²) in [6.45, 7) is 3.81. The van der Waals surface area contributed by atoms with Crippen molar-refractivity contribution in [2.75, 3.05) is 18.9 Å². The molecular weight excluding hydrogens is 246 g/mol. The van der Waals surface area contributed by atoms with Gasteiger partial charge in [0.05, 0.1) is 23.3 Å². The van der Waals surface area contributed by atoms with Crippen molar-refractivity contribution >= 4 is 21.7 Å². The van der Waals surface area contributed by atoms with E-state index in [0.29, 0.717) is 17.8 Å². The molecule has 1 fully saturated rings. The van der Waals surface area contributed by atoms with Gasteiger partial charge in [-0.15, -0.1) is 0 Å². The number of rotatable bonds is 2. The van der Waals surface area contributed by atoms with Crippen LogP contribution in [0.4, 0.5) is 5.82 Å². The van der Waals surface area contributed by atoms with Gasteiger partial charge in [-0.05, 0) is 29.3 Å². The molecule has 1 saturated heterocycles. The summed E-state index contributed by atoms with van der Waals surface area (Å²) < 4.78 is 8.08. The summed E-state index contributed by atoms with van der Waals surface area (Å²) in [6, 6.07) is 0.309. The third-order valence-electron chi connectivity index (χ3n) is 2.82. The SMILES string of the molecule is CC(C1CCOC1)n1ncc(Br)c1N. The number of nitrogen functional groups attached to an aromatic ring is 1. The first-order valence-electron chi connectivity index (χ1n) is 4.76. The highest BCUT2D eigenvalue weighted by Gasteiger charge is 2.25. The third kappa shape index (κ3) is 1.66. The van der Waals surface area contributed by atoms with Crippen LogP contribution < -0.4 is 5.73 Å². The highest BCUT2D eigenvalue weighted by Crippen LogP contribution is 2.29. The van der Waals surface area contributed by atoms with Crippen molar-refractivity contribution in [3.63, 3.8) is 0 Å². The van der Waals surface area contributed by atoms with Gasteiger partial charge in [0, 0.05) is 12.5 Å². The minimum atomic E-state index is 0.309. The molecular formula is C9H14BrN3O. The van der Waals surface area contributed by atoms with Gasteiger partial charge in [-0.3, -0.25) is 0 Å². The second-order valence-electron chi connectivity index (χ2n) is 3.69. The Kier molecular flexibility index (Phi) is 2.78. The first-order valence-corrected chi connectivity index (χ1v) is 5.55. The second kappa shape index (κ2) is 3.90.